The van der Waals surface area contributed by atoms with Gasteiger partial charge in [-0.25, -0.2) is 4.98 Å². The van der Waals surface area contributed by atoms with Crippen molar-refractivity contribution in [1.82, 2.24) is 9.97 Å². The van der Waals surface area contributed by atoms with Gasteiger partial charge in [-0.2, -0.15) is 0 Å². The molecule has 3 unspecified atom stereocenters. The second-order valence-corrected chi connectivity index (χ2v) is 5.64. The highest BCUT2D eigenvalue weighted by molar-refractivity contribution is 9.10. The minimum Gasteiger partial charge on any atom is -0.393 e. The zero-order valence-electron chi connectivity index (χ0n) is 9.27. The lowest BCUT2D eigenvalue weighted by molar-refractivity contribution is 0.133. The molecule has 3 rings (SSSR count). The molecule has 3 atom stereocenters. The van der Waals surface area contributed by atoms with Crippen LogP contribution in [0.2, 0.25) is 0 Å². The molecule has 5 nitrogen and oxygen atoms in total. The zero-order chi connectivity index (χ0) is 12.0. The maximum Gasteiger partial charge on any atom is 0.267 e. The Balaban J connectivity index is 1.88. The Hall–Kier alpha value is -0.880. The fourth-order valence-corrected chi connectivity index (χ4v) is 3.47. The molecular weight excluding hydrogens is 286 g/mol. The Morgan fingerprint density at radius 3 is 3.06 bits per heavy atom. The summed E-state index contributed by atoms with van der Waals surface area (Å²) in [4.78, 5) is 20.3. The number of anilines is 1. The molecule has 1 aromatic heterocycles. The van der Waals surface area contributed by atoms with Crippen LogP contribution in [0.15, 0.2) is 15.6 Å². The molecule has 2 fully saturated rings. The number of aromatic amines is 1. The first-order valence-electron chi connectivity index (χ1n) is 5.83. The average Bonchev–Trinajstić information content (AvgIpc) is 2.85. The third kappa shape index (κ3) is 1.79. The Morgan fingerprint density at radius 2 is 2.29 bits per heavy atom. The van der Waals surface area contributed by atoms with Crippen LogP contribution in [0.25, 0.3) is 0 Å². The van der Waals surface area contributed by atoms with Gasteiger partial charge >= 0.3 is 0 Å². The largest absolute Gasteiger partial charge is 0.393 e. The molecule has 92 valence electrons. The molecule has 17 heavy (non-hydrogen) atoms. The first-order valence-corrected chi connectivity index (χ1v) is 6.62. The zero-order valence-corrected chi connectivity index (χ0v) is 10.9. The molecule has 1 saturated carbocycles. The summed E-state index contributed by atoms with van der Waals surface area (Å²) in [7, 11) is 0. The minimum atomic E-state index is -0.189. The van der Waals surface area contributed by atoms with Gasteiger partial charge in [0.1, 0.15) is 10.3 Å². The number of nitrogens with zero attached hydrogens (tertiary/aromatic N) is 2. The first-order chi connectivity index (χ1) is 8.16. The molecule has 1 aliphatic carbocycles. The Labute approximate surface area is 107 Å². The van der Waals surface area contributed by atoms with E-state index in [4.69, 9.17) is 0 Å². The highest BCUT2D eigenvalue weighted by Gasteiger charge is 2.42. The molecule has 1 aliphatic heterocycles. The van der Waals surface area contributed by atoms with E-state index in [1.165, 1.54) is 6.33 Å². The minimum absolute atomic E-state index is 0.160. The molecule has 0 aromatic carbocycles. The van der Waals surface area contributed by atoms with E-state index in [1.807, 2.05) is 0 Å². The topological polar surface area (TPSA) is 69.2 Å². The van der Waals surface area contributed by atoms with Crippen LogP contribution in [0.5, 0.6) is 0 Å². The lowest BCUT2D eigenvalue weighted by Crippen LogP contribution is -2.27. The van der Waals surface area contributed by atoms with Crippen molar-refractivity contribution in [3.63, 3.8) is 0 Å². The van der Waals surface area contributed by atoms with Gasteiger partial charge in [-0.15, -0.1) is 0 Å². The number of aliphatic hydroxyl groups excluding tert-OH is 1. The van der Waals surface area contributed by atoms with Crippen LogP contribution in [0, 0.1) is 11.8 Å². The third-order valence-corrected chi connectivity index (χ3v) is 4.61. The van der Waals surface area contributed by atoms with Gasteiger partial charge in [0.25, 0.3) is 5.56 Å². The molecule has 1 aromatic rings. The summed E-state index contributed by atoms with van der Waals surface area (Å²) in [5.74, 6) is 1.57. The van der Waals surface area contributed by atoms with Gasteiger partial charge in [-0.05, 0) is 34.7 Å². The molecule has 0 bridgehead atoms. The van der Waals surface area contributed by atoms with Crippen molar-refractivity contribution in [3.05, 3.63) is 21.2 Å². The summed E-state index contributed by atoms with van der Waals surface area (Å²) >= 11 is 3.27. The quantitative estimate of drug-likeness (QED) is 0.802. The number of aromatic nitrogens is 2. The van der Waals surface area contributed by atoms with E-state index in [9.17, 15) is 9.90 Å². The second kappa shape index (κ2) is 4.10. The fourth-order valence-electron chi connectivity index (χ4n) is 3.00. The summed E-state index contributed by atoms with van der Waals surface area (Å²) in [5, 5.41) is 9.86. The summed E-state index contributed by atoms with van der Waals surface area (Å²) in [5.41, 5.74) is -0.160. The van der Waals surface area contributed by atoms with Crippen molar-refractivity contribution < 1.29 is 5.11 Å². The van der Waals surface area contributed by atoms with Crippen LogP contribution in [0.4, 0.5) is 5.82 Å². The van der Waals surface area contributed by atoms with E-state index in [1.54, 1.807) is 0 Å². The summed E-state index contributed by atoms with van der Waals surface area (Å²) in [6.07, 6.45) is 3.22. The second-order valence-electron chi connectivity index (χ2n) is 4.84. The summed E-state index contributed by atoms with van der Waals surface area (Å²) in [6, 6.07) is 0. The smallest absolute Gasteiger partial charge is 0.267 e. The van der Waals surface area contributed by atoms with Crippen LogP contribution in [-0.2, 0) is 0 Å². The van der Waals surface area contributed by atoms with Gasteiger partial charge in [-0.1, -0.05) is 0 Å². The molecule has 1 saturated heterocycles. The molecular formula is C11H14BrN3O2. The van der Waals surface area contributed by atoms with Crippen molar-refractivity contribution in [2.75, 3.05) is 18.0 Å². The van der Waals surface area contributed by atoms with Crippen molar-refractivity contribution in [1.29, 1.82) is 0 Å². The predicted molar refractivity (Wildman–Crippen MR) is 67.0 cm³/mol. The molecule has 2 N–H and O–H groups in total. The number of halogens is 1. The Bertz CT molecular complexity index is 490. The lowest BCUT2D eigenvalue weighted by atomic mass is 10.00. The van der Waals surface area contributed by atoms with Crippen molar-refractivity contribution in [2.45, 2.75) is 18.9 Å². The molecule has 0 spiro atoms. The fraction of sp³-hybridized carbons (Fsp3) is 0.636. The van der Waals surface area contributed by atoms with Crippen molar-refractivity contribution >= 4 is 21.7 Å². The summed E-state index contributed by atoms with van der Waals surface area (Å²) in [6.45, 7) is 1.68. The van der Waals surface area contributed by atoms with Crippen LogP contribution < -0.4 is 10.5 Å². The number of aliphatic hydroxyl groups is 1. The normalized spacial score (nSPS) is 31.9. The van der Waals surface area contributed by atoms with Crippen molar-refractivity contribution in [2.24, 2.45) is 11.8 Å². The lowest BCUT2D eigenvalue weighted by Gasteiger charge is -2.19. The highest BCUT2D eigenvalue weighted by Crippen LogP contribution is 2.40. The van der Waals surface area contributed by atoms with Crippen LogP contribution in [-0.4, -0.2) is 34.3 Å². The number of H-pyrrole nitrogens is 1. The van der Waals surface area contributed by atoms with E-state index in [-0.39, 0.29) is 11.7 Å². The average molecular weight is 300 g/mol. The molecule has 2 aliphatic rings. The standard InChI is InChI=1S/C11H14BrN3O2/c12-9-10(13-5-14-11(9)17)15-3-6-1-2-8(16)7(6)4-15/h5-8,16H,1-4H2,(H,13,14,17). The Morgan fingerprint density at radius 1 is 1.47 bits per heavy atom. The number of fused-ring (bicyclic) bond motifs is 1. The number of hydrogen-bond acceptors (Lipinski definition) is 4. The number of rotatable bonds is 1. The van der Waals surface area contributed by atoms with Crippen molar-refractivity contribution in [3.8, 4) is 0 Å². The van der Waals surface area contributed by atoms with E-state index in [0.717, 1.165) is 25.9 Å². The monoisotopic (exact) mass is 299 g/mol. The third-order valence-electron chi connectivity index (χ3n) is 3.90. The SMILES string of the molecule is O=c1[nH]cnc(N2CC3CCC(O)C3C2)c1Br. The number of nitrogens with one attached hydrogen (secondary N) is 1. The maximum absolute atomic E-state index is 11.5. The van der Waals surface area contributed by atoms with Gasteiger partial charge in [0.05, 0.1) is 12.4 Å². The number of hydrogen-bond donors (Lipinski definition) is 2. The highest BCUT2D eigenvalue weighted by atomic mass is 79.9. The summed E-state index contributed by atoms with van der Waals surface area (Å²) < 4.78 is 0.481. The molecule has 2 heterocycles. The molecule has 0 amide bonds. The van der Waals surface area contributed by atoms with Crippen LogP contribution >= 0.6 is 15.9 Å². The molecule has 6 heteroatoms. The van der Waals surface area contributed by atoms with Crippen LogP contribution in [0.1, 0.15) is 12.8 Å². The van der Waals surface area contributed by atoms with Crippen LogP contribution in [0.3, 0.4) is 0 Å². The van der Waals surface area contributed by atoms with Gasteiger partial charge in [0, 0.05) is 19.0 Å². The predicted octanol–water partition coefficient (Wildman–Crippen LogP) is 0.739. The Kier molecular flexibility index (Phi) is 2.71. The van der Waals surface area contributed by atoms with Gasteiger partial charge in [0.15, 0.2) is 0 Å². The van der Waals surface area contributed by atoms with E-state index < -0.39 is 0 Å². The van der Waals surface area contributed by atoms with E-state index in [0.29, 0.717) is 22.1 Å². The van der Waals surface area contributed by atoms with Gasteiger partial charge < -0.3 is 15.0 Å². The van der Waals surface area contributed by atoms with E-state index in [2.05, 4.69) is 30.8 Å². The first kappa shape index (κ1) is 11.2. The molecule has 0 radical (unpaired) electrons. The van der Waals surface area contributed by atoms with Gasteiger partial charge in [-0.3, -0.25) is 4.79 Å². The van der Waals surface area contributed by atoms with E-state index >= 15 is 0 Å². The van der Waals surface area contributed by atoms with Gasteiger partial charge in [0.2, 0.25) is 0 Å². The maximum atomic E-state index is 11.5.